The van der Waals surface area contributed by atoms with Crippen LogP contribution in [-0.4, -0.2) is 34.2 Å². The van der Waals surface area contributed by atoms with E-state index in [-0.39, 0.29) is 10.9 Å². The van der Waals surface area contributed by atoms with Crippen molar-refractivity contribution < 1.29 is 24.5 Å². The van der Waals surface area contributed by atoms with E-state index < -0.39 is 28.9 Å². The van der Waals surface area contributed by atoms with Gasteiger partial charge in [0.2, 0.25) is 0 Å². The van der Waals surface area contributed by atoms with Crippen LogP contribution in [0.4, 0.5) is 0 Å². The maximum atomic E-state index is 11.5. The van der Waals surface area contributed by atoms with Gasteiger partial charge >= 0.3 is 11.9 Å². The summed E-state index contributed by atoms with van der Waals surface area (Å²) in [6.45, 7) is 0. The lowest BCUT2D eigenvalue weighted by molar-refractivity contribution is 0.0574. The molecule has 1 aromatic carbocycles. The van der Waals surface area contributed by atoms with E-state index in [0.717, 1.165) is 7.11 Å². The lowest BCUT2D eigenvalue weighted by Gasteiger charge is -2.09. The number of carbonyl (C=O) groups is 2. The second-order valence-corrected chi connectivity index (χ2v) is 4.08. The van der Waals surface area contributed by atoms with E-state index in [1.54, 1.807) is 0 Å². The third kappa shape index (κ3) is 2.17. The molecule has 7 heteroatoms. The van der Waals surface area contributed by atoms with Crippen molar-refractivity contribution in [2.45, 2.75) is 0 Å². The number of nitrogens with zero attached hydrogens (tertiary/aromatic N) is 1. The molecular formula is C12H8ClNO5. The molecular weight excluding hydrogens is 274 g/mol. The molecule has 0 fully saturated rings. The number of carboxylic acids is 1. The van der Waals surface area contributed by atoms with Crippen LogP contribution in [0, 0.1) is 0 Å². The number of carbonyl (C=O) groups excluding carboxylic acids is 1. The number of ether oxygens (including phenoxy) is 1. The van der Waals surface area contributed by atoms with Crippen molar-refractivity contribution in [2.24, 2.45) is 0 Å². The van der Waals surface area contributed by atoms with Crippen LogP contribution in [0.2, 0.25) is 5.02 Å². The van der Waals surface area contributed by atoms with Gasteiger partial charge in [0.25, 0.3) is 0 Å². The SMILES string of the molecule is COC(=O)c1nc2cc(Cl)ccc2c(O)c1C(=O)O. The fourth-order valence-electron chi connectivity index (χ4n) is 1.67. The normalized spacial score (nSPS) is 10.4. The molecule has 0 radical (unpaired) electrons. The molecule has 6 nitrogen and oxygen atoms in total. The number of halogens is 1. The van der Waals surface area contributed by atoms with Gasteiger partial charge in [-0.05, 0) is 18.2 Å². The summed E-state index contributed by atoms with van der Waals surface area (Å²) in [5.41, 5.74) is -0.862. The molecule has 0 atom stereocenters. The standard InChI is InChI=1S/C12H8ClNO5/c1-19-12(18)9-8(11(16)17)10(15)6-3-2-5(13)4-7(6)14-9/h2-4H,1H3,(H,14,15)(H,16,17). The van der Waals surface area contributed by atoms with Crippen LogP contribution < -0.4 is 0 Å². The Morgan fingerprint density at radius 2 is 2.05 bits per heavy atom. The van der Waals surface area contributed by atoms with Crippen LogP contribution in [0.1, 0.15) is 20.8 Å². The van der Waals surface area contributed by atoms with Gasteiger partial charge in [-0.3, -0.25) is 0 Å². The molecule has 0 saturated carbocycles. The molecule has 98 valence electrons. The minimum absolute atomic E-state index is 0.189. The Labute approximate surface area is 112 Å². The zero-order valence-corrected chi connectivity index (χ0v) is 10.4. The van der Waals surface area contributed by atoms with Crippen LogP contribution in [0.15, 0.2) is 18.2 Å². The van der Waals surface area contributed by atoms with Crippen LogP contribution >= 0.6 is 11.6 Å². The van der Waals surface area contributed by atoms with Gasteiger partial charge in [-0.25, -0.2) is 14.6 Å². The van der Waals surface area contributed by atoms with Crippen LogP contribution in [0.25, 0.3) is 10.9 Å². The number of benzene rings is 1. The first kappa shape index (κ1) is 13.1. The first-order valence-electron chi connectivity index (χ1n) is 5.09. The molecule has 0 aliphatic rings. The molecule has 0 spiro atoms. The summed E-state index contributed by atoms with van der Waals surface area (Å²) in [5.74, 6) is -2.97. The summed E-state index contributed by atoms with van der Waals surface area (Å²) in [4.78, 5) is 26.6. The summed E-state index contributed by atoms with van der Waals surface area (Å²) in [6, 6.07) is 4.32. The summed E-state index contributed by atoms with van der Waals surface area (Å²) in [6.07, 6.45) is 0. The maximum absolute atomic E-state index is 11.5. The molecule has 0 aliphatic carbocycles. The highest BCUT2D eigenvalue weighted by Gasteiger charge is 2.25. The van der Waals surface area contributed by atoms with Crippen molar-refractivity contribution in [3.05, 3.63) is 34.5 Å². The number of methoxy groups -OCH3 is 1. The molecule has 0 amide bonds. The van der Waals surface area contributed by atoms with Crippen molar-refractivity contribution in [3.63, 3.8) is 0 Å². The number of aromatic hydroxyl groups is 1. The zero-order valence-electron chi connectivity index (χ0n) is 9.68. The molecule has 0 aliphatic heterocycles. The molecule has 0 saturated heterocycles. The predicted molar refractivity (Wildman–Crippen MR) is 66.7 cm³/mol. The Bertz CT molecular complexity index is 698. The largest absolute Gasteiger partial charge is 0.506 e. The first-order valence-corrected chi connectivity index (χ1v) is 5.47. The second kappa shape index (κ2) is 4.74. The van der Waals surface area contributed by atoms with Crippen molar-refractivity contribution >= 4 is 34.4 Å². The molecule has 2 aromatic rings. The average Bonchev–Trinajstić information content (AvgIpc) is 2.36. The summed E-state index contributed by atoms with van der Waals surface area (Å²) >= 11 is 5.79. The topological polar surface area (TPSA) is 96.7 Å². The van der Waals surface area contributed by atoms with E-state index in [9.17, 15) is 14.7 Å². The smallest absolute Gasteiger partial charge is 0.357 e. The van der Waals surface area contributed by atoms with Crippen molar-refractivity contribution in [2.75, 3.05) is 7.11 Å². The quantitative estimate of drug-likeness (QED) is 0.818. The second-order valence-electron chi connectivity index (χ2n) is 3.64. The number of pyridine rings is 1. The lowest BCUT2D eigenvalue weighted by atomic mass is 10.1. The summed E-state index contributed by atoms with van der Waals surface area (Å²) < 4.78 is 4.45. The maximum Gasteiger partial charge on any atom is 0.357 e. The third-order valence-corrected chi connectivity index (χ3v) is 2.75. The minimum Gasteiger partial charge on any atom is -0.506 e. The number of aromatic nitrogens is 1. The number of hydrogen-bond acceptors (Lipinski definition) is 5. The number of rotatable bonds is 2. The van der Waals surface area contributed by atoms with E-state index in [1.165, 1.54) is 18.2 Å². The number of fused-ring (bicyclic) bond motifs is 1. The van der Waals surface area contributed by atoms with Crippen LogP contribution in [0.3, 0.4) is 0 Å². The van der Waals surface area contributed by atoms with Gasteiger partial charge in [-0.1, -0.05) is 11.6 Å². The third-order valence-electron chi connectivity index (χ3n) is 2.51. The van der Waals surface area contributed by atoms with Gasteiger partial charge in [0.1, 0.15) is 11.3 Å². The number of hydrogen-bond donors (Lipinski definition) is 2. The predicted octanol–water partition coefficient (Wildman–Crippen LogP) is 2.08. The van der Waals surface area contributed by atoms with E-state index in [4.69, 9.17) is 16.7 Å². The lowest BCUT2D eigenvalue weighted by Crippen LogP contribution is -2.13. The van der Waals surface area contributed by atoms with Gasteiger partial charge in [-0.2, -0.15) is 0 Å². The van der Waals surface area contributed by atoms with Crippen LogP contribution in [-0.2, 0) is 4.74 Å². The number of aromatic carboxylic acids is 1. The van der Waals surface area contributed by atoms with Gasteiger partial charge in [0, 0.05) is 10.4 Å². The fourth-order valence-corrected chi connectivity index (χ4v) is 1.83. The minimum atomic E-state index is -1.47. The molecule has 0 bridgehead atoms. The van der Waals surface area contributed by atoms with Crippen molar-refractivity contribution in [3.8, 4) is 5.75 Å². The highest BCUT2D eigenvalue weighted by molar-refractivity contribution is 6.31. The van der Waals surface area contributed by atoms with Crippen molar-refractivity contribution in [1.29, 1.82) is 0 Å². The van der Waals surface area contributed by atoms with E-state index in [0.29, 0.717) is 5.02 Å². The average molecular weight is 282 g/mol. The van der Waals surface area contributed by atoms with Gasteiger partial charge < -0.3 is 14.9 Å². The summed E-state index contributed by atoms with van der Waals surface area (Å²) in [7, 11) is 1.09. The Morgan fingerprint density at radius 3 is 2.63 bits per heavy atom. The Kier molecular flexibility index (Phi) is 3.26. The molecule has 1 heterocycles. The number of carboxylic acid groups (broad SMARTS) is 1. The van der Waals surface area contributed by atoms with Crippen molar-refractivity contribution in [1.82, 2.24) is 4.98 Å². The Morgan fingerprint density at radius 1 is 1.37 bits per heavy atom. The molecule has 1 aromatic heterocycles. The Balaban J connectivity index is 2.89. The van der Waals surface area contributed by atoms with Crippen LogP contribution in [0.5, 0.6) is 5.75 Å². The fraction of sp³-hybridized carbons (Fsp3) is 0.0833. The molecule has 19 heavy (non-hydrogen) atoms. The van der Waals surface area contributed by atoms with Gasteiger partial charge in [0.15, 0.2) is 5.69 Å². The highest BCUT2D eigenvalue weighted by atomic mass is 35.5. The monoisotopic (exact) mass is 281 g/mol. The molecule has 2 rings (SSSR count). The molecule has 0 unspecified atom stereocenters. The highest BCUT2D eigenvalue weighted by Crippen LogP contribution is 2.31. The van der Waals surface area contributed by atoms with Gasteiger partial charge in [0.05, 0.1) is 12.6 Å². The zero-order chi connectivity index (χ0) is 14.2. The van der Waals surface area contributed by atoms with E-state index >= 15 is 0 Å². The first-order chi connectivity index (χ1) is 8.95. The summed E-state index contributed by atoms with van der Waals surface area (Å²) in [5, 5.41) is 19.6. The number of esters is 1. The Hall–Kier alpha value is -2.34. The molecule has 2 N–H and O–H groups in total. The van der Waals surface area contributed by atoms with Gasteiger partial charge in [-0.15, -0.1) is 0 Å². The van der Waals surface area contributed by atoms with E-state index in [1.807, 2.05) is 0 Å². The van der Waals surface area contributed by atoms with E-state index in [2.05, 4.69) is 9.72 Å².